The number of phenols is 1. The number of benzene rings is 2. The monoisotopic (exact) mass is 386 g/mol. The summed E-state index contributed by atoms with van der Waals surface area (Å²) in [6.45, 7) is 2.04. The highest BCUT2D eigenvalue weighted by atomic mass is 16.6. The van der Waals surface area contributed by atoms with Crippen LogP contribution >= 0.6 is 0 Å². The lowest BCUT2D eigenvalue weighted by Crippen LogP contribution is -2.28. The van der Waals surface area contributed by atoms with Gasteiger partial charge in [0, 0.05) is 18.4 Å². The van der Waals surface area contributed by atoms with Crippen LogP contribution < -0.4 is 10.8 Å². The summed E-state index contributed by atoms with van der Waals surface area (Å²) in [4.78, 5) is 23.7. The zero-order chi connectivity index (χ0) is 20.4. The molecule has 8 nitrogen and oxygen atoms in total. The summed E-state index contributed by atoms with van der Waals surface area (Å²) in [7, 11) is 0. The molecule has 0 aromatic heterocycles. The van der Waals surface area contributed by atoms with Crippen molar-refractivity contribution in [3.05, 3.63) is 72.3 Å². The maximum absolute atomic E-state index is 12.4. The molecule has 0 spiro atoms. The largest absolute Gasteiger partial charge is 0.508 e. The van der Waals surface area contributed by atoms with Crippen LogP contribution in [0.25, 0.3) is 0 Å². The van der Waals surface area contributed by atoms with Crippen LogP contribution in [-0.2, 0) is 14.3 Å². The summed E-state index contributed by atoms with van der Waals surface area (Å²) in [5, 5.41) is 20.8. The number of hydrogen-bond donors (Lipinski definition) is 4. The lowest BCUT2D eigenvalue weighted by molar-refractivity contribution is -0.124. The molecule has 0 heterocycles. The first kappa shape index (κ1) is 20.9. The molecule has 2 aromatic rings. The molecule has 2 atom stereocenters. The minimum atomic E-state index is -0.910. The minimum Gasteiger partial charge on any atom is -0.508 e. The molecule has 4 N–H and O–H groups in total. The molecule has 0 saturated heterocycles. The van der Waals surface area contributed by atoms with Crippen LogP contribution in [-0.4, -0.2) is 35.0 Å². The number of hydrogen-bond acceptors (Lipinski definition) is 6. The van der Waals surface area contributed by atoms with Gasteiger partial charge in [0.1, 0.15) is 11.9 Å². The average molecular weight is 386 g/mol. The molecule has 0 aliphatic heterocycles. The summed E-state index contributed by atoms with van der Waals surface area (Å²) >= 11 is 0. The van der Waals surface area contributed by atoms with E-state index in [1.807, 2.05) is 6.07 Å². The molecular formula is C20H22N2O6. The fraction of sp³-hybridized carbons (Fsp3) is 0.200. The first-order chi connectivity index (χ1) is 13.5. The Kier molecular flexibility index (Phi) is 8.01. The summed E-state index contributed by atoms with van der Waals surface area (Å²) < 4.78 is 11.2. The van der Waals surface area contributed by atoms with E-state index >= 15 is 0 Å². The fourth-order valence-electron chi connectivity index (χ4n) is 2.43. The van der Waals surface area contributed by atoms with Crippen LogP contribution in [0.5, 0.6) is 5.75 Å². The number of rotatable bonds is 8. The van der Waals surface area contributed by atoms with E-state index in [2.05, 4.69) is 5.32 Å². The Morgan fingerprint density at radius 3 is 2.39 bits per heavy atom. The summed E-state index contributed by atoms with van der Waals surface area (Å²) in [5.41, 5.74) is 2.59. The predicted molar refractivity (Wildman–Crippen MR) is 102 cm³/mol. The number of ether oxygens (including phenoxy) is 2. The molecule has 148 valence electrons. The third-order valence-corrected chi connectivity index (χ3v) is 3.68. The second-order valence-corrected chi connectivity index (χ2v) is 5.66. The number of amides is 2. The Bertz CT molecular complexity index is 792. The molecule has 0 bridgehead atoms. The van der Waals surface area contributed by atoms with Crippen molar-refractivity contribution in [1.29, 1.82) is 0 Å². The van der Waals surface area contributed by atoms with Crippen LogP contribution in [0.15, 0.2) is 66.7 Å². The van der Waals surface area contributed by atoms with Crippen molar-refractivity contribution in [2.45, 2.75) is 19.1 Å². The highest BCUT2D eigenvalue weighted by Crippen LogP contribution is 2.27. The minimum absolute atomic E-state index is 0.0550. The van der Waals surface area contributed by atoms with Gasteiger partial charge in [-0.25, -0.2) is 10.3 Å². The van der Waals surface area contributed by atoms with Gasteiger partial charge >= 0.3 is 6.09 Å². The maximum Gasteiger partial charge on any atom is 0.412 e. The molecule has 0 fully saturated rings. The van der Waals surface area contributed by atoms with Gasteiger partial charge < -0.3 is 14.6 Å². The third-order valence-electron chi connectivity index (χ3n) is 3.68. The molecular weight excluding hydrogens is 364 g/mol. The lowest BCUT2D eigenvalue weighted by atomic mass is 10.0. The maximum atomic E-state index is 12.4. The summed E-state index contributed by atoms with van der Waals surface area (Å²) in [5.74, 6) is -0.692. The molecule has 8 heteroatoms. The first-order valence-corrected chi connectivity index (χ1v) is 8.59. The highest BCUT2D eigenvalue weighted by molar-refractivity contribution is 5.86. The van der Waals surface area contributed by atoms with E-state index in [1.54, 1.807) is 43.3 Å². The standard InChI is InChI=1S/C20H22N2O6/c1-2-27-17(12-13-18(24)22-26)19(14-8-10-16(23)11-9-14)28-20(25)21-15-6-4-3-5-7-15/h3-13,17,19,23,26H,2H2,1H3,(H,21,25)(H,22,24)/b13-12+/t17-,19-/m1/s1. The summed E-state index contributed by atoms with van der Waals surface area (Å²) in [6.07, 6.45) is 0.0172. The smallest absolute Gasteiger partial charge is 0.412 e. The van der Waals surface area contributed by atoms with Gasteiger partial charge in [-0.15, -0.1) is 0 Å². The van der Waals surface area contributed by atoms with E-state index in [4.69, 9.17) is 14.7 Å². The number of aromatic hydroxyl groups is 1. The average Bonchev–Trinajstić information content (AvgIpc) is 2.70. The van der Waals surface area contributed by atoms with Crippen LogP contribution in [0, 0.1) is 0 Å². The van der Waals surface area contributed by atoms with Crippen LogP contribution in [0.1, 0.15) is 18.6 Å². The van der Waals surface area contributed by atoms with Gasteiger partial charge in [-0.05, 0) is 42.8 Å². The van der Waals surface area contributed by atoms with Crippen molar-refractivity contribution < 1.29 is 29.4 Å². The van der Waals surface area contributed by atoms with Gasteiger partial charge in [0.2, 0.25) is 0 Å². The number of para-hydroxylation sites is 1. The molecule has 2 aromatic carbocycles. The first-order valence-electron chi connectivity index (χ1n) is 8.59. The molecule has 0 aliphatic rings. The van der Waals surface area contributed by atoms with E-state index in [-0.39, 0.29) is 12.4 Å². The van der Waals surface area contributed by atoms with Gasteiger partial charge in [-0.2, -0.15) is 0 Å². The number of carbonyl (C=O) groups excluding carboxylic acids is 2. The molecule has 2 rings (SSSR count). The van der Waals surface area contributed by atoms with E-state index in [1.165, 1.54) is 23.7 Å². The van der Waals surface area contributed by atoms with Gasteiger partial charge in [0.15, 0.2) is 6.10 Å². The predicted octanol–water partition coefficient (Wildman–Crippen LogP) is 3.15. The van der Waals surface area contributed by atoms with Crippen molar-refractivity contribution in [3.8, 4) is 5.75 Å². The number of anilines is 1. The van der Waals surface area contributed by atoms with E-state index in [9.17, 15) is 14.7 Å². The van der Waals surface area contributed by atoms with E-state index in [0.29, 0.717) is 11.3 Å². The third kappa shape index (κ3) is 6.42. The fourth-order valence-corrected chi connectivity index (χ4v) is 2.43. The Balaban J connectivity index is 2.26. The van der Waals surface area contributed by atoms with Gasteiger partial charge in [0.05, 0.1) is 0 Å². The Labute approximate surface area is 162 Å². The van der Waals surface area contributed by atoms with Crippen molar-refractivity contribution in [2.75, 3.05) is 11.9 Å². The molecule has 0 radical (unpaired) electrons. The van der Waals surface area contributed by atoms with Crippen molar-refractivity contribution in [3.63, 3.8) is 0 Å². The zero-order valence-corrected chi connectivity index (χ0v) is 15.2. The Morgan fingerprint density at radius 2 is 1.79 bits per heavy atom. The Morgan fingerprint density at radius 1 is 1.11 bits per heavy atom. The van der Waals surface area contributed by atoms with E-state index in [0.717, 1.165) is 6.08 Å². The van der Waals surface area contributed by atoms with Crippen LogP contribution in [0.3, 0.4) is 0 Å². The van der Waals surface area contributed by atoms with Crippen molar-refractivity contribution in [1.82, 2.24) is 5.48 Å². The number of phenolic OH excluding ortho intramolecular Hbond substituents is 1. The summed E-state index contributed by atoms with van der Waals surface area (Å²) in [6, 6.07) is 14.9. The van der Waals surface area contributed by atoms with E-state index < -0.39 is 24.2 Å². The van der Waals surface area contributed by atoms with Crippen LogP contribution in [0.2, 0.25) is 0 Å². The molecule has 2 amide bonds. The molecule has 0 saturated carbocycles. The van der Waals surface area contributed by atoms with Crippen LogP contribution in [0.4, 0.5) is 10.5 Å². The quantitative estimate of drug-likeness (QED) is 0.315. The second kappa shape index (κ2) is 10.7. The molecule has 0 unspecified atom stereocenters. The van der Waals surface area contributed by atoms with Crippen molar-refractivity contribution >= 4 is 17.7 Å². The normalized spacial score (nSPS) is 12.9. The Hall–Kier alpha value is -3.36. The van der Waals surface area contributed by atoms with Gasteiger partial charge in [-0.1, -0.05) is 30.3 Å². The van der Waals surface area contributed by atoms with Gasteiger partial charge in [0.25, 0.3) is 5.91 Å². The van der Waals surface area contributed by atoms with Gasteiger partial charge in [-0.3, -0.25) is 15.3 Å². The lowest BCUT2D eigenvalue weighted by Gasteiger charge is -2.25. The molecule has 28 heavy (non-hydrogen) atoms. The number of nitrogens with one attached hydrogen (secondary N) is 2. The van der Waals surface area contributed by atoms with Crippen molar-refractivity contribution in [2.24, 2.45) is 0 Å². The number of hydroxylamine groups is 1. The topological polar surface area (TPSA) is 117 Å². The number of carbonyl (C=O) groups is 2. The molecule has 0 aliphatic carbocycles. The second-order valence-electron chi connectivity index (χ2n) is 5.66. The SMILES string of the molecule is CCO[C@H](/C=C/C(=O)NO)[C@H](OC(=O)Nc1ccccc1)c1ccc(O)cc1. The highest BCUT2D eigenvalue weighted by Gasteiger charge is 2.26. The zero-order valence-electron chi connectivity index (χ0n) is 15.2.